The fraction of sp³-hybridized carbons (Fsp3) is 0.250. The summed E-state index contributed by atoms with van der Waals surface area (Å²) in [5.74, 6) is -1.61. The monoisotopic (exact) mass is 505 g/mol. The third kappa shape index (κ3) is 5.28. The van der Waals surface area contributed by atoms with E-state index in [0.717, 1.165) is 45.4 Å². The third-order valence-corrected chi connectivity index (χ3v) is 6.94. The lowest BCUT2D eigenvalue weighted by Crippen LogP contribution is -2.36. The van der Waals surface area contributed by atoms with Crippen molar-refractivity contribution < 1.29 is 18.8 Å². The third-order valence-electron chi connectivity index (χ3n) is 6.03. The summed E-state index contributed by atoms with van der Waals surface area (Å²) in [5, 5.41) is 1.99. The van der Waals surface area contributed by atoms with Crippen LogP contribution in [0.4, 0.5) is 14.9 Å². The van der Waals surface area contributed by atoms with E-state index < -0.39 is 29.4 Å². The van der Waals surface area contributed by atoms with Crippen LogP contribution in [0.1, 0.15) is 43.3 Å². The van der Waals surface area contributed by atoms with E-state index >= 15 is 0 Å². The van der Waals surface area contributed by atoms with Crippen molar-refractivity contribution in [2.45, 2.75) is 40.0 Å². The Morgan fingerprint density at radius 1 is 1.06 bits per heavy atom. The van der Waals surface area contributed by atoms with Crippen molar-refractivity contribution in [3.63, 3.8) is 0 Å². The maximum absolute atomic E-state index is 13.4. The Kier molecular flexibility index (Phi) is 6.91. The van der Waals surface area contributed by atoms with Crippen molar-refractivity contribution in [3.8, 4) is 5.69 Å². The van der Waals surface area contributed by atoms with Crippen LogP contribution in [-0.4, -0.2) is 33.1 Å². The molecule has 0 aliphatic carbocycles. The van der Waals surface area contributed by atoms with Crippen LogP contribution in [0.5, 0.6) is 0 Å². The largest absolute Gasteiger partial charge is 0.324 e. The first-order valence-corrected chi connectivity index (χ1v) is 12.4. The molecule has 1 fully saturated rings. The Hall–Kier alpha value is -3.65. The van der Waals surface area contributed by atoms with E-state index in [4.69, 9.17) is 0 Å². The number of nitrogens with one attached hydrogen (secondary N) is 1. The van der Waals surface area contributed by atoms with E-state index in [2.05, 4.69) is 54.9 Å². The van der Waals surface area contributed by atoms with Gasteiger partial charge in [0.1, 0.15) is 12.4 Å². The van der Waals surface area contributed by atoms with Crippen LogP contribution < -0.4 is 5.32 Å². The maximum Gasteiger partial charge on any atom is 0.294 e. The number of halogens is 1. The van der Waals surface area contributed by atoms with Crippen LogP contribution in [0.2, 0.25) is 0 Å². The highest BCUT2D eigenvalue weighted by Gasteiger charge is 2.36. The number of hydrogen-bond donors (Lipinski definition) is 1. The van der Waals surface area contributed by atoms with Gasteiger partial charge in [-0.05, 0) is 84.6 Å². The summed E-state index contributed by atoms with van der Waals surface area (Å²) in [6, 6.07) is 15.8. The normalized spacial score (nSPS) is 15.2. The second kappa shape index (κ2) is 9.78. The summed E-state index contributed by atoms with van der Waals surface area (Å²) in [7, 11) is 0. The number of carbonyl (C=O) groups excluding carboxylic acids is 3. The molecule has 1 saturated heterocycles. The number of anilines is 1. The number of benzene rings is 2. The van der Waals surface area contributed by atoms with Crippen molar-refractivity contribution in [1.82, 2.24) is 9.47 Å². The number of nitrogens with zero attached hydrogens (tertiary/aromatic N) is 2. The van der Waals surface area contributed by atoms with Crippen molar-refractivity contribution in [3.05, 3.63) is 87.8 Å². The zero-order valence-electron chi connectivity index (χ0n) is 20.9. The number of thioether (sulfide) groups is 1. The van der Waals surface area contributed by atoms with Crippen LogP contribution in [0, 0.1) is 19.7 Å². The molecule has 0 unspecified atom stereocenters. The smallest absolute Gasteiger partial charge is 0.294 e. The van der Waals surface area contributed by atoms with Gasteiger partial charge in [0.2, 0.25) is 5.91 Å². The fourth-order valence-corrected chi connectivity index (χ4v) is 4.96. The molecular formula is C28H28FN3O3S. The molecule has 0 radical (unpaired) electrons. The van der Waals surface area contributed by atoms with Crippen LogP contribution in [0.15, 0.2) is 59.5 Å². The average molecular weight is 506 g/mol. The SMILES string of the molecule is Cc1cc(/C=C2/SC(=O)N(CC(=O)Nc3cccc(F)c3)C2=O)c(C)n1-c1ccc(C(C)(C)C)cc1. The van der Waals surface area contributed by atoms with Gasteiger partial charge in [-0.1, -0.05) is 39.0 Å². The number of carbonyl (C=O) groups is 3. The van der Waals surface area contributed by atoms with E-state index in [-0.39, 0.29) is 16.0 Å². The lowest BCUT2D eigenvalue weighted by molar-refractivity contribution is -0.127. The number of amides is 3. The quantitative estimate of drug-likeness (QED) is 0.419. The van der Waals surface area contributed by atoms with Crippen molar-refractivity contribution >= 4 is 40.6 Å². The van der Waals surface area contributed by atoms with Crippen molar-refractivity contribution in [1.29, 1.82) is 0 Å². The van der Waals surface area contributed by atoms with Gasteiger partial charge >= 0.3 is 0 Å². The van der Waals surface area contributed by atoms with Gasteiger partial charge in [0, 0.05) is 22.8 Å². The van der Waals surface area contributed by atoms with E-state index in [1.807, 2.05) is 19.9 Å². The van der Waals surface area contributed by atoms with Gasteiger partial charge in [-0.15, -0.1) is 0 Å². The molecule has 0 spiro atoms. The Morgan fingerprint density at radius 2 is 1.75 bits per heavy atom. The average Bonchev–Trinajstić information content (AvgIpc) is 3.22. The number of aryl methyl sites for hydroxylation is 1. The maximum atomic E-state index is 13.4. The minimum Gasteiger partial charge on any atom is -0.324 e. The number of imide groups is 1. The highest BCUT2D eigenvalue weighted by Crippen LogP contribution is 2.34. The molecule has 2 aromatic carbocycles. The van der Waals surface area contributed by atoms with Crippen LogP contribution in [0.3, 0.4) is 0 Å². The van der Waals surface area contributed by atoms with Gasteiger partial charge in [-0.3, -0.25) is 19.3 Å². The molecule has 1 aliphatic rings. The highest BCUT2D eigenvalue weighted by atomic mass is 32.2. The summed E-state index contributed by atoms with van der Waals surface area (Å²) in [5.41, 5.74) is 5.32. The molecule has 0 saturated carbocycles. The van der Waals surface area contributed by atoms with Crippen LogP contribution >= 0.6 is 11.8 Å². The predicted octanol–water partition coefficient (Wildman–Crippen LogP) is 6.21. The number of rotatable bonds is 5. The Labute approximate surface area is 214 Å². The second-order valence-corrected chi connectivity index (χ2v) is 10.8. The topological polar surface area (TPSA) is 71.4 Å². The van der Waals surface area contributed by atoms with Gasteiger partial charge in [-0.2, -0.15) is 0 Å². The molecule has 4 rings (SSSR count). The minimum atomic E-state index is -0.582. The first-order valence-electron chi connectivity index (χ1n) is 11.5. The van der Waals surface area contributed by atoms with Gasteiger partial charge in [0.25, 0.3) is 11.1 Å². The molecule has 1 aromatic heterocycles. The van der Waals surface area contributed by atoms with Crippen molar-refractivity contribution in [2.75, 3.05) is 11.9 Å². The molecule has 3 aromatic rings. The standard InChI is InChI=1S/C28H28FN3O3S/c1-17-13-19(18(2)32(17)23-11-9-20(10-12-23)28(3,4)5)14-24-26(34)31(27(35)36-24)16-25(33)30-22-8-6-7-21(29)15-22/h6-15H,16H2,1-5H3,(H,30,33)/b24-14+. The lowest BCUT2D eigenvalue weighted by Gasteiger charge is -2.20. The molecule has 3 amide bonds. The molecule has 8 heteroatoms. The fourth-order valence-electron chi connectivity index (χ4n) is 4.13. The zero-order valence-corrected chi connectivity index (χ0v) is 21.7. The van der Waals surface area contributed by atoms with E-state index in [9.17, 15) is 18.8 Å². The van der Waals surface area contributed by atoms with Gasteiger partial charge < -0.3 is 9.88 Å². The zero-order chi connectivity index (χ0) is 26.2. The second-order valence-electron chi connectivity index (χ2n) is 9.79. The van der Waals surface area contributed by atoms with Gasteiger partial charge in [-0.25, -0.2) is 4.39 Å². The van der Waals surface area contributed by atoms with Gasteiger partial charge in [0.05, 0.1) is 4.91 Å². The summed E-state index contributed by atoms with van der Waals surface area (Å²) in [4.78, 5) is 39.0. The highest BCUT2D eigenvalue weighted by molar-refractivity contribution is 8.18. The number of hydrogen-bond acceptors (Lipinski definition) is 4. The summed E-state index contributed by atoms with van der Waals surface area (Å²) in [6.07, 6.45) is 1.69. The molecule has 1 aliphatic heterocycles. The van der Waals surface area contributed by atoms with E-state index in [0.29, 0.717) is 0 Å². The molecule has 36 heavy (non-hydrogen) atoms. The van der Waals surface area contributed by atoms with Crippen LogP contribution in [-0.2, 0) is 15.0 Å². The summed E-state index contributed by atoms with van der Waals surface area (Å²) in [6.45, 7) is 10.0. The first kappa shape index (κ1) is 25.4. The summed E-state index contributed by atoms with van der Waals surface area (Å²) < 4.78 is 15.5. The first-order chi connectivity index (χ1) is 16.9. The predicted molar refractivity (Wildman–Crippen MR) is 142 cm³/mol. The molecule has 2 heterocycles. The van der Waals surface area contributed by atoms with Crippen molar-refractivity contribution in [2.24, 2.45) is 0 Å². The Morgan fingerprint density at radius 3 is 2.39 bits per heavy atom. The lowest BCUT2D eigenvalue weighted by atomic mass is 9.87. The van der Waals surface area contributed by atoms with E-state index in [1.165, 1.54) is 23.8 Å². The molecular weight excluding hydrogens is 477 g/mol. The molecule has 0 atom stereocenters. The Balaban J connectivity index is 1.53. The molecule has 0 bridgehead atoms. The Bertz CT molecular complexity index is 1380. The van der Waals surface area contributed by atoms with E-state index in [1.54, 1.807) is 6.08 Å². The molecule has 186 valence electrons. The molecule has 1 N–H and O–H groups in total. The minimum absolute atomic E-state index is 0.0571. The summed E-state index contributed by atoms with van der Waals surface area (Å²) >= 11 is 0.801. The van der Waals surface area contributed by atoms with Crippen LogP contribution in [0.25, 0.3) is 11.8 Å². The molecule has 6 nitrogen and oxygen atoms in total. The number of aromatic nitrogens is 1. The van der Waals surface area contributed by atoms with Gasteiger partial charge in [0.15, 0.2) is 0 Å².